The van der Waals surface area contributed by atoms with Crippen LogP contribution in [0.15, 0.2) is 24.3 Å². The van der Waals surface area contributed by atoms with Gasteiger partial charge in [-0.05, 0) is 44.2 Å². The van der Waals surface area contributed by atoms with Gasteiger partial charge in [0.25, 0.3) is 0 Å². The van der Waals surface area contributed by atoms with Gasteiger partial charge in [-0.15, -0.1) is 0 Å². The van der Waals surface area contributed by atoms with Gasteiger partial charge in [-0.25, -0.2) is 0 Å². The minimum absolute atomic E-state index is 0.430. The maximum Gasteiger partial charge on any atom is 0.124 e. The lowest BCUT2D eigenvalue weighted by molar-refractivity contribution is 0.299. The van der Waals surface area contributed by atoms with E-state index in [0.717, 1.165) is 30.6 Å². The van der Waals surface area contributed by atoms with Crippen molar-refractivity contribution in [2.24, 2.45) is 11.8 Å². The fourth-order valence-electron chi connectivity index (χ4n) is 3.51. The van der Waals surface area contributed by atoms with E-state index in [9.17, 15) is 0 Å². The molecule has 0 amide bonds. The molecule has 0 heterocycles. The van der Waals surface area contributed by atoms with Crippen molar-refractivity contribution in [2.75, 3.05) is 13.7 Å². The first-order chi connectivity index (χ1) is 9.80. The predicted octanol–water partition coefficient (Wildman–Crippen LogP) is 4.56. The third-order valence-corrected chi connectivity index (χ3v) is 4.66. The lowest BCUT2D eigenvalue weighted by atomic mass is 9.90. The van der Waals surface area contributed by atoms with E-state index < -0.39 is 0 Å². The van der Waals surface area contributed by atoms with Crippen LogP contribution < -0.4 is 10.1 Å². The fraction of sp³-hybridized carbons (Fsp3) is 0.667. The van der Waals surface area contributed by atoms with Crippen LogP contribution in [0.4, 0.5) is 0 Å². The molecule has 20 heavy (non-hydrogen) atoms. The lowest BCUT2D eigenvalue weighted by Gasteiger charge is -2.26. The number of hydrogen-bond acceptors (Lipinski definition) is 2. The summed E-state index contributed by atoms with van der Waals surface area (Å²) >= 11 is 0. The average molecular weight is 275 g/mol. The molecule has 2 heteroatoms. The van der Waals surface area contributed by atoms with Crippen molar-refractivity contribution >= 4 is 0 Å². The van der Waals surface area contributed by atoms with Gasteiger partial charge in [0.2, 0.25) is 0 Å². The molecule has 2 rings (SSSR count). The minimum Gasteiger partial charge on any atom is -0.493 e. The largest absolute Gasteiger partial charge is 0.493 e. The Morgan fingerprint density at radius 3 is 2.70 bits per heavy atom. The summed E-state index contributed by atoms with van der Waals surface area (Å²) in [4.78, 5) is 0. The second-order valence-corrected chi connectivity index (χ2v) is 6.00. The zero-order chi connectivity index (χ0) is 14.4. The molecule has 3 atom stereocenters. The number of benzene rings is 1. The van der Waals surface area contributed by atoms with Gasteiger partial charge in [-0.2, -0.15) is 0 Å². The topological polar surface area (TPSA) is 21.3 Å². The molecule has 0 aliphatic heterocycles. The highest BCUT2D eigenvalue weighted by atomic mass is 16.5. The van der Waals surface area contributed by atoms with Crippen molar-refractivity contribution in [2.45, 2.75) is 52.0 Å². The molecule has 1 aliphatic rings. The second kappa shape index (κ2) is 7.68. The van der Waals surface area contributed by atoms with Gasteiger partial charge < -0.3 is 10.1 Å². The van der Waals surface area contributed by atoms with E-state index in [1.165, 1.54) is 31.2 Å². The first-order valence-corrected chi connectivity index (χ1v) is 8.19. The standard InChI is InChI=1S/C18H29NO/c1-4-12-20-17-9-7-6-8-16(17)18(19-3)15-11-10-14(5-2)13-15/h6-9,14-15,18-19H,4-5,10-13H2,1-3H3. The lowest BCUT2D eigenvalue weighted by Crippen LogP contribution is -2.24. The van der Waals surface area contributed by atoms with Crippen LogP contribution in [0.5, 0.6) is 5.75 Å². The highest BCUT2D eigenvalue weighted by molar-refractivity contribution is 5.36. The van der Waals surface area contributed by atoms with E-state index in [2.05, 4.69) is 50.5 Å². The van der Waals surface area contributed by atoms with Gasteiger partial charge in [0.1, 0.15) is 5.75 Å². The Hall–Kier alpha value is -1.02. The number of para-hydroxylation sites is 1. The Kier molecular flexibility index (Phi) is 5.90. The molecule has 1 aliphatic carbocycles. The summed E-state index contributed by atoms with van der Waals surface area (Å²) in [6.07, 6.45) is 6.45. The van der Waals surface area contributed by atoms with Crippen LogP contribution >= 0.6 is 0 Å². The molecule has 2 nitrogen and oxygen atoms in total. The quantitative estimate of drug-likeness (QED) is 0.787. The van der Waals surface area contributed by atoms with E-state index in [1.807, 2.05) is 0 Å². The molecular weight excluding hydrogens is 246 g/mol. The third kappa shape index (κ3) is 3.54. The summed E-state index contributed by atoms with van der Waals surface area (Å²) in [6.45, 7) is 5.27. The summed E-state index contributed by atoms with van der Waals surface area (Å²) in [6, 6.07) is 8.97. The highest BCUT2D eigenvalue weighted by Gasteiger charge is 2.31. The van der Waals surface area contributed by atoms with E-state index in [4.69, 9.17) is 4.74 Å². The van der Waals surface area contributed by atoms with Crippen LogP contribution in [0.2, 0.25) is 0 Å². The molecule has 0 aromatic heterocycles. The summed E-state index contributed by atoms with van der Waals surface area (Å²) in [5, 5.41) is 3.54. The summed E-state index contributed by atoms with van der Waals surface area (Å²) in [5.74, 6) is 2.73. The van der Waals surface area contributed by atoms with E-state index in [0.29, 0.717) is 6.04 Å². The van der Waals surface area contributed by atoms with Gasteiger partial charge in [-0.3, -0.25) is 0 Å². The van der Waals surface area contributed by atoms with Crippen LogP contribution in [0, 0.1) is 11.8 Å². The summed E-state index contributed by atoms with van der Waals surface area (Å²) in [5.41, 5.74) is 1.34. The van der Waals surface area contributed by atoms with Crippen molar-refractivity contribution < 1.29 is 4.74 Å². The first kappa shape index (κ1) is 15.4. The maximum atomic E-state index is 5.94. The molecule has 3 unspecified atom stereocenters. The highest BCUT2D eigenvalue weighted by Crippen LogP contribution is 2.42. The van der Waals surface area contributed by atoms with Crippen molar-refractivity contribution in [3.8, 4) is 5.75 Å². The molecule has 0 radical (unpaired) electrons. The van der Waals surface area contributed by atoms with Gasteiger partial charge in [0.15, 0.2) is 0 Å². The molecular formula is C18H29NO. The van der Waals surface area contributed by atoms with Crippen LogP contribution in [0.3, 0.4) is 0 Å². The van der Waals surface area contributed by atoms with Crippen LogP contribution in [0.1, 0.15) is 57.6 Å². The normalized spacial score (nSPS) is 23.8. The fourth-order valence-corrected chi connectivity index (χ4v) is 3.51. The van der Waals surface area contributed by atoms with Crippen molar-refractivity contribution in [3.05, 3.63) is 29.8 Å². The van der Waals surface area contributed by atoms with Gasteiger partial charge >= 0.3 is 0 Å². The van der Waals surface area contributed by atoms with Gasteiger partial charge in [0.05, 0.1) is 6.61 Å². The number of rotatable bonds is 7. The molecule has 1 saturated carbocycles. The smallest absolute Gasteiger partial charge is 0.124 e. The second-order valence-electron chi connectivity index (χ2n) is 6.00. The maximum absolute atomic E-state index is 5.94. The SMILES string of the molecule is CCCOc1ccccc1C(NC)C1CCC(CC)C1. The Bertz CT molecular complexity index is 404. The van der Waals surface area contributed by atoms with Crippen LogP contribution in [-0.2, 0) is 0 Å². The average Bonchev–Trinajstić information content (AvgIpc) is 2.96. The molecule has 0 saturated heterocycles. The molecule has 112 valence electrons. The molecule has 0 bridgehead atoms. The van der Waals surface area contributed by atoms with E-state index in [1.54, 1.807) is 0 Å². The van der Waals surface area contributed by atoms with Crippen molar-refractivity contribution in [3.63, 3.8) is 0 Å². The molecule has 1 aromatic rings. The zero-order valence-electron chi connectivity index (χ0n) is 13.2. The van der Waals surface area contributed by atoms with E-state index >= 15 is 0 Å². The number of ether oxygens (including phenoxy) is 1. The Labute approximate surface area is 123 Å². The predicted molar refractivity (Wildman–Crippen MR) is 85.2 cm³/mol. The summed E-state index contributed by atoms with van der Waals surface area (Å²) < 4.78 is 5.94. The number of hydrogen-bond donors (Lipinski definition) is 1. The molecule has 1 aromatic carbocycles. The zero-order valence-corrected chi connectivity index (χ0v) is 13.2. The minimum atomic E-state index is 0.430. The van der Waals surface area contributed by atoms with Crippen LogP contribution in [0.25, 0.3) is 0 Å². The van der Waals surface area contributed by atoms with Gasteiger partial charge in [0, 0.05) is 11.6 Å². The van der Waals surface area contributed by atoms with E-state index in [-0.39, 0.29) is 0 Å². The van der Waals surface area contributed by atoms with Crippen LogP contribution in [-0.4, -0.2) is 13.7 Å². The third-order valence-electron chi connectivity index (χ3n) is 4.66. The Morgan fingerprint density at radius 1 is 1.25 bits per heavy atom. The summed E-state index contributed by atoms with van der Waals surface area (Å²) in [7, 11) is 2.08. The molecule has 1 N–H and O–H groups in total. The monoisotopic (exact) mass is 275 g/mol. The Balaban J connectivity index is 2.14. The van der Waals surface area contributed by atoms with Crippen molar-refractivity contribution in [1.82, 2.24) is 5.32 Å². The Morgan fingerprint density at radius 2 is 2.05 bits per heavy atom. The van der Waals surface area contributed by atoms with Crippen molar-refractivity contribution in [1.29, 1.82) is 0 Å². The molecule has 1 fully saturated rings. The first-order valence-electron chi connectivity index (χ1n) is 8.19. The van der Waals surface area contributed by atoms with Gasteiger partial charge in [-0.1, -0.05) is 44.9 Å². The molecule has 0 spiro atoms. The number of nitrogens with one attached hydrogen (secondary N) is 1.